The predicted octanol–water partition coefficient (Wildman–Crippen LogP) is -3.52. The van der Waals surface area contributed by atoms with Gasteiger partial charge in [-0.3, -0.25) is 9.59 Å². The second-order valence-corrected chi connectivity index (χ2v) is 8.50. The van der Waals surface area contributed by atoms with Gasteiger partial charge in [0.1, 0.15) is 48.8 Å². The van der Waals surface area contributed by atoms with Crippen molar-refractivity contribution in [3.8, 4) is 0 Å². The molecule has 1 aliphatic carbocycles. The number of carbonyl (C=O) groups excluding carboxylic acids is 2. The molecule has 2 aliphatic heterocycles. The Morgan fingerprint density at radius 2 is 1.28 bits per heavy atom. The minimum absolute atomic E-state index is 0.0567. The number of aliphatic hydroxyl groups excluding tert-OH is 8. The van der Waals surface area contributed by atoms with Gasteiger partial charge in [0.25, 0.3) is 0 Å². The van der Waals surface area contributed by atoms with Crippen molar-refractivity contribution in [3.05, 3.63) is 46.9 Å². The molecule has 0 saturated carbocycles. The highest BCUT2D eigenvalue weighted by Crippen LogP contribution is 2.32. The molecule has 14 nitrogen and oxygen atoms in total. The molecule has 0 unspecified atom stereocenters. The number of hydrogen-bond acceptors (Lipinski definition) is 14. The molecule has 0 amide bonds. The van der Waals surface area contributed by atoms with E-state index in [4.69, 9.17) is 18.9 Å². The number of hydrogen-bond donors (Lipinski definition) is 8. The quantitative estimate of drug-likeness (QED) is 0.184. The van der Waals surface area contributed by atoms with E-state index in [1.54, 1.807) is 0 Å². The molecule has 4 rings (SSSR count). The first-order chi connectivity index (χ1) is 17.1. The number of rotatable bonds is 6. The molecule has 0 spiro atoms. The van der Waals surface area contributed by atoms with Crippen LogP contribution in [-0.4, -0.2) is 127 Å². The van der Waals surface area contributed by atoms with Crippen molar-refractivity contribution < 1.29 is 69.4 Å². The van der Waals surface area contributed by atoms with Gasteiger partial charge in [0.15, 0.2) is 6.29 Å². The lowest BCUT2D eigenvalue weighted by molar-refractivity contribution is -0.356. The lowest BCUT2D eigenvalue weighted by Crippen LogP contribution is -2.64. The van der Waals surface area contributed by atoms with E-state index in [9.17, 15) is 50.4 Å². The molecule has 14 heteroatoms. The van der Waals surface area contributed by atoms with Gasteiger partial charge in [-0.1, -0.05) is 24.3 Å². The lowest BCUT2D eigenvalue weighted by Gasteiger charge is -2.45. The largest absolute Gasteiger partial charge is 0.501 e. The fourth-order valence-corrected chi connectivity index (χ4v) is 4.22. The fourth-order valence-electron chi connectivity index (χ4n) is 4.22. The van der Waals surface area contributed by atoms with E-state index >= 15 is 0 Å². The number of fused-ring (bicyclic) bond motifs is 1. The third-order valence-corrected chi connectivity index (χ3v) is 6.25. The normalized spacial score (nSPS) is 39.2. The van der Waals surface area contributed by atoms with Gasteiger partial charge in [-0.25, -0.2) is 0 Å². The van der Waals surface area contributed by atoms with Gasteiger partial charge in [-0.15, -0.1) is 0 Å². The highest BCUT2D eigenvalue weighted by molar-refractivity contribution is 6.25. The van der Waals surface area contributed by atoms with Gasteiger partial charge in [-0.2, -0.15) is 0 Å². The summed E-state index contributed by atoms with van der Waals surface area (Å²) in [4.78, 5) is 25.2. The van der Waals surface area contributed by atoms with Crippen LogP contribution in [0.3, 0.4) is 0 Å². The summed E-state index contributed by atoms with van der Waals surface area (Å²) >= 11 is 0. The Hall–Kier alpha value is -2.50. The zero-order chi connectivity index (χ0) is 26.3. The number of allylic oxidation sites excluding steroid dienone is 2. The molecule has 198 valence electrons. The molecule has 2 saturated heterocycles. The van der Waals surface area contributed by atoms with Crippen LogP contribution in [0.4, 0.5) is 0 Å². The SMILES string of the molecule is O=C1C(O)=C(O[C@@H]2O[C@H](CO)[C@@H](O[C@H]3O[C@H](CO)[C@@H](O)[C@H](O)[C@H]3O)[C@H](O)[C@H]2O)C(=O)c2ccccc21. The number of benzene rings is 1. The molecule has 0 radical (unpaired) electrons. The molecular weight excluding hydrogens is 488 g/mol. The van der Waals surface area contributed by atoms with E-state index in [0.29, 0.717) is 0 Å². The minimum Gasteiger partial charge on any atom is -0.501 e. The van der Waals surface area contributed by atoms with Crippen molar-refractivity contribution in [2.45, 2.75) is 61.4 Å². The van der Waals surface area contributed by atoms with E-state index in [-0.39, 0.29) is 11.1 Å². The first-order valence-corrected chi connectivity index (χ1v) is 11.0. The van der Waals surface area contributed by atoms with Crippen molar-refractivity contribution in [3.63, 3.8) is 0 Å². The molecule has 0 bridgehead atoms. The maximum absolute atomic E-state index is 12.8. The summed E-state index contributed by atoms with van der Waals surface area (Å²) in [6, 6.07) is 5.65. The Labute approximate surface area is 203 Å². The molecular formula is C22H26O14. The monoisotopic (exact) mass is 514 g/mol. The summed E-state index contributed by atoms with van der Waals surface area (Å²) in [6.07, 6.45) is -17.1. The third-order valence-electron chi connectivity index (χ3n) is 6.25. The highest BCUT2D eigenvalue weighted by Gasteiger charge is 2.51. The van der Waals surface area contributed by atoms with Crippen molar-refractivity contribution in [1.82, 2.24) is 0 Å². The first kappa shape index (κ1) is 26.6. The number of ketones is 2. The van der Waals surface area contributed by atoms with Crippen LogP contribution in [0.15, 0.2) is 35.8 Å². The van der Waals surface area contributed by atoms with E-state index in [1.807, 2.05) is 0 Å². The van der Waals surface area contributed by atoms with Crippen LogP contribution >= 0.6 is 0 Å². The number of aliphatic hydroxyl groups is 8. The lowest BCUT2D eigenvalue weighted by atomic mass is 9.92. The van der Waals surface area contributed by atoms with Gasteiger partial charge < -0.3 is 59.8 Å². The van der Waals surface area contributed by atoms with Gasteiger partial charge >= 0.3 is 0 Å². The minimum atomic E-state index is -1.97. The van der Waals surface area contributed by atoms with Crippen molar-refractivity contribution in [2.24, 2.45) is 0 Å². The van der Waals surface area contributed by atoms with Crippen LogP contribution in [0.25, 0.3) is 0 Å². The Kier molecular flexibility index (Phi) is 7.72. The van der Waals surface area contributed by atoms with Crippen LogP contribution in [0.5, 0.6) is 0 Å². The zero-order valence-corrected chi connectivity index (χ0v) is 18.5. The molecule has 3 aliphatic rings. The summed E-state index contributed by atoms with van der Waals surface area (Å²) in [6.45, 7) is -1.59. The summed E-state index contributed by atoms with van der Waals surface area (Å²) < 4.78 is 21.4. The smallest absolute Gasteiger partial charge is 0.232 e. The van der Waals surface area contributed by atoms with Gasteiger partial charge in [0.2, 0.25) is 29.4 Å². The van der Waals surface area contributed by atoms with Gasteiger partial charge in [-0.05, 0) is 0 Å². The average molecular weight is 514 g/mol. The van der Waals surface area contributed by atoms with Crippen LogP contribution in [0.1, 0.15) is 20.7 Å². The van der Waals surface area contributed by atoms with Crippen LogP contribution < -0.4 is 0 Å². The van der Waals surface area contributed by atoms with E-state index < -0.39 is 97.7 Å². The molecule has 1 aromatic carbocycles. The standard InChI is InChI=1S/C22H26O14/c23-5-9-13(27)14(28)17(31)21(33-9)35-19-10(6-24)34-22(18(32)16(19)30)36-20-12(26)8-4-2-1-3-7(8)11(25)15(20)29/h1-4,9-10,13-14,16-19,21-24,27-32H,5-6H2/t9-,10-,13-,14+,16-,17-,18-,19-,21-,22+/m1/s1. The maximum Gasteiger partial charge on any atom is 0.232 e. The topological polar surface area (TPSA) is 233 Å². The van der Waals surface area contributed by atoms with Crippen LogP contribution in [0.2, 0.25) is 0 Å². The van der Waals surface area contributed by atoms with Crippen molar-refractivity contribution in [1.29, 1.82) is 0 Å². The number of ether oxygens (including phenoxy) is 4. The summed E-state index contributed by atoms with van der Waals surface area (Å²) in [7, 11) is 0. The molecule has 2 heterocycles. The highest BCUT2D eigenvalue weighted by atomic mass is 16.7. The number of Topliss-reactive ketones (excluding diaryl/α,β-unsaturated/α-hetero) is 2. The Bertz CT molecular complexity index is 1020. The molecule has 0 aromatic heterocycles. The molecule has 1 aromatic rings. The Morgan fingerprint density at radius 3 is 1.89 bits per heavy atom. The summed E-state index contributed by atoms with van der Waals surface area (Å²) in [5.41, 5.74) is -0.123. The van der Waals surface area contributed by atoms with E-state index in [2.05, 4.69) is 0 Å². The van der Waals surface area contributed by atoms with Gasteiger partial charge in [0.05, 0.1) is 13.2 Å². The zero-order valence-electron chi connectivity index (χ0n) is 18.5. The Morgan fingerprint density at radius 1 is 0.722 bits per heavy atom. The Balaban J connectivity index is 1.52. The fraction of sp³-hybridized carbons (Fsp3) is 0.545. The molecule has 10 atom stereocenters. The third kappa shape index (κ3) is 4.52. The van der Waals surface area contributed by atoms with Crippen LogP contribution in [0, 0.1) is 0 Å². The predicted molar refractivity (Wildman–Crippen MR) is 112 cm³/mol. The van der Waals surface area contributed by atoms with Crippen molar-refractivity contribution >= 4 is 11.6 Å². The average Bonchev–Trinajstić information content (AvgIpc) is 2.89. The summed E-state index contributed by atoms with van der Waals surface area (Å²) in [5.74, 6) is -3.66. The van der Waals surface area contributed by atoms with Gasteiger partial charge in [0, 0.05) is 11.1 Å². The second kappa shape index (κ2) is 10.5. The van der Waals surface area contributed by atoms with E-state index in [0.717, 1.165) is 0 Å². The molecule has 2 fully saturated rings. The van der Waals surface area contributed by atoms with Crippen molar-refractivity contribution in [2.75, 3.05) is 13.2 Å². The van der Waals surface area contributed by atoms with Crippen LogP contribution in [-0.2, 0) is 18.9 Å². The maximum atomic E-state index is 12.8. The molecule has 36 heavy (non-hydrogen) atoms. The summed E-state index contributed by atoms with van der Waals surface area (Å²) in [5, 5.41) is 80.6. The number of carbonyl (C=O) groups is 2. The second-order valence-electron chi connectivity index (χ2n) is 8.50. The van der Waals surface area contributed by atoms with E-state index in [1.165, 1.54) is 24.3 Å². The molecule has 8 N–H and O–H groups in total. The first-order valence-electron chi connectivity index (χ1n) is 11.0.